The molecule has 2 N–H and O–H groups in total. The second kappa shape index (κ2) is 12.6. The third-order valence-corrected chi connectivity index (χ3v) is 5.81. The van der Waals surface area contributed by atoms with Gasteiger partial charge < -0.3 is 10.6 Å². The average molecular weight is 404 g/mol. The highest BCUT2D eigenvalue weighted by Gasteiger charge is 2.05. The maximum Gasteiger partial charge on any atom is 0.175 e. The molecule has 0 aliphatic carbocycles. The summed E-state index contributed by atoms with van der Waals surface area (Å²) in [4.78, 5) is 4.71. The summed E-state index contributed by atoms with van der Waals surface area (Å²) in [5.74, 6) is 0. The highest BCUT2D eigenvalue weighted by atomic mass is 32.2. The van der Waals surface area contributed by atoms with Crippen LogP contribution in [0.4, 0.5) is 0 Å². The molecule has 1 heterocycles. The van der Waals surface area contributed by atoms with E-state index in [1.165, 1.54) is 31.9 Å². The number of hydrogen-bond acceptors (Lipinski definition) is 5. The Kier molecular flexibility index (Phi) is 10.2. The van der Waals surface area contributed by atoms with Gasteiger partial charge in [-0.15, -0.1) is 0 Å². The Morgan fingerprint density at radius 3 is 2.00 bits per heavy atom. The van der Waals surface area contributed by atoms with Crippen LogP contribution in [0.15, 0.2) is 53.6 Å². The van der Waals surface area contributed by atoms with Crippen molar-refractivity contribution in [1.82, 2.24) is 15.6 Å². The van der Waals surface area contributed by atoms with Crippen LogP contribution in [0, 0.1) is 0 Å². The highest BCUT2D eigenvalue weighted by Crippen LogP contribution is 2.10. The number of benzene rings is 1. The van der Waals surface area contributed by atoms with E-state index in [9.17, 15) is 8.42 Å². The molecule has 28 heavy (non-hydrogen) atoms. The molecule has 0 amide bonds. The second-order valence-electron chi connectivity index (χ2n) is 7.15. The fourth-order valence-electron chi connectivity index (χ4n) is 3.00. The van der Waals surface area contributed by atoms with E-state index in [0.717, 1.165) is 50.3 Å². The Morgan fingerprint density at radius 1 is 0.786 bits per heavy atom. The third-order valence-electron chi connectivity index (χ3n) is 4.68. The van der Waals surface area contributed by atoms with Gasteiger partial charge in [0.05, 0.1) is 4.90 Å². The topological polar surface area (TPSA) is 71.1 Å². The molecule has 0 radical (unpaired) electrons. The standard InChI is InChI=1S/C22H33N3O2S/c1-28(26,27)22-11-9-20(10-12-22)13-18-23-15-5-2-3-6-16-24-19-14-21-8-4-7-17-25-21/h4,7-12,17,23-24H,2-3,5-6,13-16,18-19H2,1H3. The van der Waals surface area contributed by atoms with Crippen LogP contribution in [0.1, 0.15) is 36.9 Å². The van der Waals surface area contributed by atoms with Crippen molar-refractivity contribution in [2.24, 2.45) is 0 Å². The smallest absolute Gasteiger partial charge is 0.175 e. The summed E-state index contributed by atoms with van der Waals surface area (Å²) in [6.45, 7) is 4.02. The molecule has 0 unspecified atom stereocenters. The fraction of sp³-hybridized carbons (Fsp3) is 0.500. The van der Waals surface area contributed by atoms with Gasteiger partial charge in [0.2, 0.25) is 0 Å². The summed E-state index contributed by atoms with van der Waals surface area (Å²) in [7, 11) is -3.10. The first-order valence-corrected chi connectivity index (χ1v) is 12.1. The SMILES string of the molecule is CS(=O)(=O)c1ccc(CCNCCCCCCNCCc2ccccn2)cc1. The van der Waals surface area contributed by atoms with E-state index in [1.807, 2.05) is 30.5 Å². The van der Waals surface area contributed by atoms with E-state index in [2.05, 4.69) is 21.7 Å². The van der Waals surface area contributed by atoms with Crippen LogP contribution in [0.2, 0.25) is 0 Å². The summed E-state index contributed by atoms with van der Waals surface area (Å²) >= 11 is 0. The zero-order chi connectivity index (χ0) is 20.1. The number of pyridine rings is 1. The van der Waals surface area contributed by atoms with E-state index in [4.69, 9.17) is 0 Å². The van der Waals surface area contributed by atoms with Crippen LogP contribution in [-0.4, -0.2) is 45.8 Å². The molecule has 2 aromatic rings. The molecular weight excluding hydrogens is 370 g/mol. The van der Waals surface area contributed by atoms with Crippen molar-refractivity contribution in [1.29, 1.82) is 0 Å². The van der Waals surface area contributed by atoms with E-state index in [1.54, 1.807) is 12.1 Å². The van der Waals surface area contributed by atoms with Gasteiger partial charge in [0.1, 0.15) is 0 Å². The van der Waals surface area contributed by atoms with Crippen molar-refractivity contribution in [2.45, 2.75) is 43.4 Å². The molecule has 2 rings (SSSR count). The first kappa shape index (κ1) is 22.5. The van der Waals surface area contributed by atoms with Crippen molar-refractivity contribution in [2.75, 3.05) is 32.4 Å². The minimum absolute atomic E-state index is 0.385. The molecule has 1 aromatic heterocycles. The average Bonchev–Trinajstić information content (AvgIpc) is 2.69. The van der Waals surface area contributed by atoms with Crippen molar-refractivity contribution < 1.29 is 8.42 Å². The molecule has 0 aliphatic heterocycles. The van der Waals surface area contributed by atoms with Crippen LogP contribution in [0.5, 0.6) is 0 Å². The summed E-state index contributed by atoms with van der Waals surface area (Å²) in [6, 6.07) is 13.2. The summed E-state index contributed by atoms with van der Waals surface area (Å²) in [6.07, 6.45) is 9.91. The number of nitrogens with one attached hydrogen (secondary N) is 2. The van der Waals surface area contributed by atoms with Crippen LogP contribution >= 0.6 is 0 Å². The van der Waals surface area contributed by atoms with Gasteiger partial charge in [-0.05, 0) is 68.7 Å². The monoisotopic (exact) mass is 403 g/mol. The Bertz CT molecular complexity index is 762. The lowest BCUT2D eigenvalue weighted by Gasteiger charge is -2.07. The third kappa shape index (κ3) is 9.44. The van der Waals surface area contributed by atoms with Gasteiger partial charge in [-0.2, -0.15) is 0 Å². The first-order chi connectivity index (χ1) is 13.6. The maximum absolute atomic E-state index is 11.4. The molecule has 6 heteroatoms. The molecule has 0 atom stereocenters. The first-order valence-electron chi connectivity index (χ1n) is 10.2. The van der Waals surface area contributed by atoms with E-state index in [0.29, 0.717) is 4.90 Å². The molecule has 0 aliphatic rings. The van der Waals surface area contributed by atoms with Gasteiger partial charge in [-0.1, -0.05) is 31.0 Å². The quantitative estimate of drug-likeness (QED) is 0.475. The molecular formula is C22H33N3O2S. The minimum atomic E-state index is -3.10. The molecule has 5 nitrogen and oxygen atoms in total. The van der Waals surface area contributed by atoms with Gasteiger partial charge in [0, 0.05) is 31.1 Å². The summed E-state index contributed by atoms with van der Waals surface area (Å²) in [5.41, 5.74) is 2.31. The molecule has 1 aromatic carbocycles. The normalized spacial score (nSPS) is 11.6. The van der Waals surface area contributed by atoms with Crippen LogP contribution in [-0.2, 0) is 22.7 Å². The van der Waals surface area contributed by atoms with Crippen molar-refractivity contribution >= 4 is 9.84 Å². The van der Waals surface area contributed by atoms with E-state index in [-0.39, 0.29) is 0 Å². The molecule has 0 saturated carbocycles. The minimum Gasteiger partial charge on any atom is -0.316 e. The Labute approximate surface area is 169 Å². The number of sulfone groups is 1. The van der Waals surface area contributed by atoms with Gasteiger partial charge in [-0.25, -0.2) is 8.42 Å². The van der Waals surface area contributed by atoms with E-state index >= 15 is 0 Å². The lowest BCUT2D eigenvalue weighted by molar-refractivity contribution is 0.563. The Balaban J connectivity index is 1.39. The molecule has 0 bridgehead atoms. The highest BCUT2D eigenvalue weighted by molar-refractivity contribution is 7.90. The zero-order valence-corrected chi connectivity index (χ0v) is 17.7. The largest absolute Gasteiger partial charge is 0.316 e. The lowest BCUT2D eigenvalue weighted by atomic mass is 10.1. The molecule has 154 valence electrons. The number of hydrogen-bond donors (Lipinski definition) is 2. The molecule has 0 saturated heterocycles. The van der Waals surface area contributed by atoms with Gasteiger partial charge in [0.15, 0.2) is 9.84 Å². The van der Waals surface area contributed by atoms with Crippen LogP contribution in [0.3, 0.4) is 0 Å². The van der Waals surface area contributed by atoms with Crippen LogP contribution in [0.25, 0.3) is 0 Å². The number of rotatable bonds is 14. The Hall–Kier alpha value is -1.76. The zero-order valence-electron chi connectivity index (χ0n) is 16.9. The van der Waals surface area contributed by atoms with Gasteiger partial charge >= 0.3 is 0 Å². The molecule has 0 spiro atoms. The number of aromatic nitrogens is 1. The maximum atomic E-state index is 11.4. The van der Waals surface area contributed by atoms with Gasteiger partial charge in [-0.3, -0.25) is 4.98 Å². The van der Waals surface area contributed by atoms with Crippen molar-refractivity contribution in [3.05, 3.63) is 59.9 Å². The molecule has 0 fully saturated rings. The number of nitrogens with zero attached hydrogens (tertiary/aromatic N) is 1. The number of unbranched alkanes of at least 4 members (excludes halogenated alkanes) is 3. The lowest BCUT2D eigenvalue weighted by Crippen LogP contribution is -2.19. The van der Waals surface area contributed by atoms with Crippen LogP contribution < -0.4 is 10.6 Å². The van der Waals surface area contributed by atoms with Crippen molar-refractivity contribution in [3.63, 3.8) is 0 Å². The second-order valence-corrected chi connectivity index (χ2v) is 9.17. The Morgan fingerprint density at radius 2 is 1.43 bits per heavy atom. The van der Waals surface area contributed by atoms with Gasteiger partial charge in [0.25, 0.3) is 0 Å². The predicted octanol–water partition coefficient (Wildman–Crippen LogP) is 3.01. The summed E-state index contributed by atoms with van der Waals surface area (Å²) in [5, 5.41) is 6.95. The predicted molar refractivity (Wildman–Crippen MR) is 115 cm³/mol. The fourth-order valence-corrected chi connectivity index (χ4v) is 3.63. The van der Waals surface area contributed by atoms with E-state index < -0.39 is 9.84 Å². The summed E-state index contributed by atoms with van der Waals surface area (Å²) < 4.78 is 22.9. The van der Waals surface area contributed by atoms with Crippen molar-refractivity contribution in [3.8, 4) is 0 Å².